The molecule has 1 heterocycles. The summed E-state index contributed by atoms with van der Waals surface area (Å²) in [6.07, 6.45) is 10.2. The fourth-order valence-electron chi connectivity index (χ4n) is 4.63. The van der Waals surface area contributed by atoms with Gasteiger partial charge in [-0.25, -0.2) is 0 Å². The minimum Gasteiger partial charge on any atom is -0.292 e. The highest BCUT2D eigenvalue weighted by molar-refractivity contribution is 5.01. The molecule has 1 aliphatic carbocycles. The van der Waals surface area contributed by atoms with Crippen LogP contribution in [0.15, 0.2) is 0 Å². The van der Waals surface area contributed by atoms with Crippen molar-refractivity contribution in [3.05, 3.63) is 0 Å². The predicted molar refractivity (Wildman–Crippen MR) is 84.4 cm³/mol. The van der Waals surface area contributed by atoms with Gasteiger partial charge in [0.2, 0.25) is 0 Å². The summed E-state index contributed by atoms with van der Waals surface area (Å²) in [6.45, 7) is 14.6. The van der Waals surface area contributed by atoms with Crippen LogP contribution in [0.5, 0.6) is 0 Å². The van der Waals surface area contributed by atoms with Crippen LogP contribution in [-0.2, 0) is 0 Å². The first-order valence-corrected chi connectivity index (χ1v) is 8.50. The largest absolute Gasteiger partial charge is 0.292 e. The lowest BCUT2D eigenvalue weighted by atomic mass is 9.81. The Hall–Kier alpha value is -0.0400. The van der Waals surface area contributed by atoms with Crippen LogP contribution >= 0.6 is 0 Å². The molecule has 1 nitrogen and oxygen atoms in total. The van der Waals surface area contributed by atoms with Gasteiger partial charge < -0.3 is 0 Å². The lowest BCUT2D eigenvalue weighted by molar-refractivity contribution is -0.000148. The fourth-order valence-corrected chi connectivity index (χ4v) is 4.63. The molecule has 0 spiro atoms. The molecule has 2 aliphatic rings. The van der Waals surface area contributed by atoms with Crippen LogP contribution in [0.4, 0.5) is 0 Å². The van der Waals surface area contributed by atoms with Crippen LogP contribution in [0.25, 0.3) is 0 Å². The maximum atomic E-state index is 2.91. The number of hydrogen-bond acceptors (Lipinski definition) is 1. The zero-order valence-corrected chi connectivity index (χ0v) is 14.1. The standard InChI is InChI=1S/C18H35N/c1-17(2,3)16-13-12-15(19(16)18(4,5)6)14-10-8-7-9-11-14/h14-16H,7-13H2,1-6H3. The van der Waals surface area contributed by atoms with Crippen molar-refractivity contribution < 1.29 is 0 Å². The summed E-state index contributed by atoms with van der Waals surface area (Å²) in [6, 6.07) is 1.61. The number of nitrogens with zero attached hydrogens (tertiary/aromatic N) is 1. The smallest absolute Gasteiger partial charge is 0.0153 e. The fraction of sp³-hybridized carbons (Fsp3) is 1.00. The van der Waals surface area contributed by atoms with Crippen molar-refractivity contribution in [3.8, 4) is 0 Å². The molecule has 0 radical (unpaired) electrons. The second-order valence-electron chi connectivity index (χ2n) is 9.00. The van der Waals surface area contributed by atoms with E-state index in [2.05, 4.69) is 46.4 Å². The Labute approximate surface area is 121 Å². The molecule has 0 amide bonds. The minimum absolute atomic E-state index is 0.316. The van der Waals surface area contributed by atoms with Gasteiger partial charge in [-0.05, 0) is 57.8 Å². The third-order valence-electron chi connectivity index (χ3n) is 5.40. The van der Waals surface area contributed by atoms with Gasteiger partial charge in [-0.1, -0.05) is 40.0 Å². The molecule has 2 fully saturated rings. The van der Waals surface area contributed by atoms with Gasteiger partial charge in [-0.3, -0.25) is 4.90 Å². The van der Waals surface area contributed by atoms with E-state index in [9.17, 15) is 0 Å². The summed E-state index contributed by atoms with van der Waals surface area (Å²) < 4.78 is 0. The molecule has 0 aromatic carbocycles. The van der Waals surface area contributed by atoms with Crippen molar-refractivity contribution in [2.45, 2.75) is 104 Å². The van der Waals surface area contributed by atoms with Gasteiger partial charge in [-0.2, -0.15) is 0 Å². The van der Waals surface area contributed by atoms with E-state index in [1.807, 2.05) is 0 Å². The van der Waals surface area contributed by atoms with Crippen LogP contribution < -0.4 is 0 Å². The summed E-state index contributed by atoms with van der Waals surface area (Å²) in [5, 5.41) is 0. The van der Waals surface area contributed by atoms with E-state index in [1.54, 1.807) is 0 Å². The second kappa shape index (κ2) is 5.39. The summed E-state index contributed by atoms with van der Waals surface area (Å²) in [7, 11) is 0. The first-order valence-electron chi connectivity index (χ1n) is 8.50. The number of likely N-dealkylation sites (tertiary alicyclic amines) is 1. The van der Waals surface area contributed by atoms with Crippen molar-refractivity contribution in [3.63, 3.8) is 0 Å². The average Bonchev–Trinajstić information content (AvgIpc) is 2.74. The van der Waals surface area contributed by atoms with E-state index in [4.69, 9.17) is 0 Å². The highest BCUT2D eigenvalue weighted by atomic mass is 15.3. The average molecular weight is 265 g/mol. The Morgan fingerprint density at radius 1 is 0.737 bits per heavy atom. The summed E-state index contributed by atoms with van der Waals surface area (Å²) in [4.78, 5) is 2.91. The molecule has 112 valence electrons. The number of hydrogen-bond donors (Lipinski definition) is 0. The van der Waals surface area contributed by atoms with Crippen LogP contribution in [0, 0.1) is 11.3 Å². The molecular formula is C18H35N. The van der Waals surface area contributed by atoms with Gasteiger partial charge >= 0.3 is 0 Å². The van der Waals surface area contributed by atoms with E-state index < -0.39 is 0 Å². The minimum atomic E-state index is 0.316. The molecule has 0 bridgehead atoms. The predicted octanol–water partition coefficient (Wildman–Crippen LogP) is 5.24. The van der Waals surface area contributed by atoms with Gasteiger partial charge in [0.05, 0.1) is 0 Å². The molecule has 2 rings (SSSR count). The monoisotopic (exact) mass is 265 g/mol. The Kier molecular flexibility index (Phi) is 4.35. The molecular weight excluding hydrogens is 230 g/mol. The van der Waals surface area contributed by atoms with Crippen molar-refractivity contribution in [1.29, 1.82) is 0 Å². The van der Waals surface area contributed by atoms with Crippen molar-refractivity contribution >= 4 is 0 Å². The second-order valence-corrected chi connectivity index (χ2v) is 9.00. The molecule has 19 heavy (non-hydrogen) atoms. The van der Waals surface area contributed by atoms with Crippen LogP contribution in [0.2, 0.25) is 0 Å². The quantitative estimate of drug-likeness (QED) is 0.626. The van der Waals surface area contributed by atoms with E-state index >= 15 is 0 Å². The molecule has 0 N–H and O–H groups in total. The Morgan fingerprint density at radius 3 is 1.79 bits per heavy atom. The molecule has 0 aromatic heterocycles. The summed E-state index contributed by atoms with van der Waals surface area (Å²) >= 11 is 0. The van der Waals surface area contributed by atoms with E-state index in [0.29, 0.717) is 11.0 Å². The lowest BCUT2D eigenvalue weighted by Gasteiger charge is -2.48. The van der Waals surface area contributed by atoms with Gasteiger partial charge in [-0.15, -0.1) is 0 Å². The molecule has 1 saturated heterocycles. The maximum Gasteiger partial charge on any atom is 0.0153 e. The van der Waals surface area contributed by atoms with E-state index in [-0.39, 0.29) is 0 Å². The zero-order chi connectivity index (χ0) is 14.3. The van der Waals surface area contributed by atoms with Gasteiger partial charge in [0.15, 0.2) is 0 Å². The highest BCUT2D eigenvalue weighted by Gasteiger charge is 2.47. The summed E-state index contributed by atoms with van der Waals surface area (Å²) in [5.74, 6) is 0.973. The SMILES string of the molecule is CC(C)(C)C1CCC(C2CCCCC2)N1C(C)(C)C. The van der Waals surface area contributed by atoms with Gasteiger partial charge in [0, 0.05) is 17.6 Å². The Morgan fingerprint density at radius 2 is 1.32 bits per heavy atom. The molecule has 2 unspecified atom stereocenters. The first kappa shape index (κ1) is 15.4. The molecule has 1 saturated carbocycles. The molecule has 2 atom stereocenters. The van der Waals surface area contributed by atoms with Gasteiger partial charge in [0.1, 0.15) is 0 Å². The van der Waals surface area contributed by atoms with Gasteiger partial charge in [0.25, 0.3) is 0 Å². The van der Waals surface area contributed by atoms with Crippen molar-refractivity contribution in [1.82, 2.24) is 4.90 Å². The molecule has 0 aromatic rings. The Balaban J connectivity index is 2.19. The normalized spacial score (nSPS) is 31.9. The van der Waals surface area contributed by atoms with Crippen molar-refractivity contribution in [2.24, 2.45) is 11.3 Å². The third kappa shape index (κ3) is 3.35. The van der Waals surface area contributed by atoms with Crippen LogP contribution in [-0.4, -0.2) is 22.5 Å². The summed E-state index contributed by atoms with van der Waals surface area (Å²) in [5.41, 5.74) is 0.729. The highest BCUT2D eigenvalue weighted by Crippen LogP contribution is 2.45. The third-order valence-corrected chi connectivity index (χ3v) is 5.40. The number of rotatable bonds is 1. The van der Waals surface area contributed by atoms with Crippen LogP contribution in [0.3, 0.4) is 0 Å². The van der Waals surface area contributed by atoms with E-state index in [0.717, 1.165) is 18.0 Å². The topological polar surface area (TPSA) is 3.24 Å². The van der Waals surface area contributed by atoms with E-state index in [1.165, 1.54) is 44.9 Å². The Bertz CT molecular complexity index is 288. The first-order chi connectivity index (χ1) is 8.71. The maximum absolute atomic E-state index is 2.91. The van der Waals surface area contributed by atoms with Crippen molar-refractivity contribution in [2.75, 3.05) is 0 Å². The molecule has 1 aliphatic heterocycles. The lowest BCUT2D eigenvalue weighted by Crippen LogP contribution is -2.55. The molecule has 1 heteroatoms. The zero-order valence-electron chi connectivity index (χ0n) is 14.1. The van der Waals surface area contributed by atoms with Crippen LogP contribution in [0.1, 0.15) is 86.5 Å².